The number of benzene rings is 2. The SMILES string of the molecule is COc1cc(/C=C/C(=O)O[C@H](C)C(=O)Nc2ccc(F)c(F)c2)cc(OC)c1. The number of hydrogen-bond acceptors (Lipinski definition) is 5. The lowest BCUT2D eigenvalue weighted by Crippen LogP contribution is -2.29. The third kappa shape index (κ3) is 5.80. The lowest BCUT2D eigenvalue weighted by Gasteiger charge is -2.12. The maximum Gasteiger partial charge on any atom is 0.331 e. The molecule has 6 nitrogen and oxygen atoms in total. The number of amides is 1. The molecule has 0 aliphatic rings. The van der Waals surface area contributed by atoms with Crippen molar-refractivity contribution >= 4 is 23.6 Å². The van der Waals surface area contributed by atoms with Crippen LogP contribution in [0.2, 0.25) is 0 Å². The van der Waals surface area contributed by atoms with Crippen molar-refractivity contribution in [1.82, 2.24) is 0 Å². The summed E-state index contributed by atoms with van der Waals surface area (Å²) >= 11 is 0. The first-order valence-corrected chi connectivity index (χ1v) is 8.20. The van der Waals surface area contributed by atoms with Gasteiger partial charge in [0.1, 0.15) is 11.5 Å². The highest BCUT2D eigenvalue weighted by molar-refractivity contribution is 5.96. The first-order valence-electron chi connectivity index (χ1n) is 8.20. The Balaban J connectivity index is 1.97. The number of carbonyl (C=O) groups excluding carboxylic acids is 2. The van der Waals surface area contributed by atoms with Crippen molar-refractivity contribution in [1.29, 1.82) is 0 Å². The molecule has 0 saturated carbocycles. The van der Waals surface area contributed by atoms with Gasteiger partial charge in [0.2, 0.25) is 0 Å². The highest BCUT2D eigenvalue weighted by Crippen LogP contribution is 2.23. The standard InChI is InChI=1S/C20H19F2NO5/c1-12(20(25)23-14-5-6-17(21)18(22)10-14)28-19(24)7-4-13-8-15(26-2)11-16(9-13)27-3/h4-12H,1-3H3,(H,23,25)/b7-4+/t12-/m1/s1. The zero-order valence-corrected chi connectivity index (χ0v) is 15.5. The van der Waals surface area contributed by atoms with Gasteiger partial charge in [-0.15, -0.1) is 0 Å². The first kappa shape index (κ1) is 20.9. The molecule has 0 saturated heterocycles. The van der Waals surface area contributed by atoms with Gasteiger partial charge in [-0.05, 0) is 42.8 Å². The fraction of sp³-hybridized carbons (Fsp3) is 0.200. The van der Waals surface area contributed by atoms with Gasteiger partial charge in [-0.2, -0.15) is 0 Å². The quantitative estimate of drug-likeness (QED) is 0.577. The van der Waals surface area contributed by atoms with Crippen LogP contribution in [-0.4, -0.2) is 32.2 Å². The van der Waals surface area contributed by atoms with Crippen molar-refractivity contribution in [2.75, 3.05) is 19.5 Å². The fourth-order valence-corrected chi connectivity index (χ4v) is 2.17. The van der Waals surface area contributed by atoms with E-state index in [0.29, 0.717) is 17.1 Å². The first-order chi connectivity index (χ1) is 13.3. The summed E-state index contributed by atoms with van der Waals surface area (Å²) in [6, 6.07) is 7.96. The van der Waals surface area contributed by atoms with Crippen LogP contribution in [0.15, 0.2) is 42.5 Å². The summed E-state index contributed by atoms with van der Waals surface area (Å²) in [6.45, 7) is 1.36. The van der Waals surface area contributed by atoms with Gasteiger partial charge in [0.25, 0.3) is 5.91 Å². The predicted octanol–water partition coefficient (Wildman–Crippen LogP) is 3.57. The minimum Gasteiger partial charge on any atom is -0.497 e. The second-order valence-corrected chi connectivity index (χ2v) is 5.68. The number of hydrogen-bond donors (Lipinski definition) is 1. The van der Waals surface area contributed by atoms with Crippen LogP contribution in [-0.2, 0) is 14.3 Å². The topological polar surface area (TPSA) is 73.9 Å². The normalized spacial score (nSPS) is 11.8. The molecule has 28 heavy (non-hydrogen) atoms. The number of ether oxygens (including phenoxy) is 3. The molecule has 0 aliphatic carbocycles. The maximum atomic E-state index is 13.2. The van der Waals surface area contributed by atoms with E-state index in [0.717, 1.165) is 18.2 Å². The third-order valence-electron chi connectivity index (χ3n) is 3.63. The Morgan fingerprint density at radius 1 is 1.00 bits per heavy atom. The Hall–Kier alpha value is -3.42. The van der Waals surface area contributed by atoms with Crippen LogP contribution in [0.1, 0.15) is 12.5 Å². The fourth-order valence-electron chi connectivity index (χ4n) is 2.17. The van der Waals surface area contributed by atoms with Crippen LogP contribution in [0.25, 0.3) is 6.08 Å². The van der Waals surface area contributed by atoms with Gasteiger partial charge in [0.15, 0.2) is 17.7 Å². The van der Waals surface area contributed by atoms with E-state index in [2.05, 4.69) is 5.32 Å². The number of methoxy groups -OCH3 is 2. The summed E-state index contributed by atoms with van der Waals surface area (Å²) in [5, 5.41) is 2.34. The van der Waals surface area contributed by atoms with E-state index in [1.54, 1.807) is 18.2 Å². The molecule has 0 spiro atoms. The number of carbonyl (C=O) groups is 2. The monoisotopic (exact) mass is 391 g/mol. The van der Waals surface area contributed by atoms with Crippen molar-refractivity contribution in [2.24, 2.45) is 0 Å². The van der Waals surface area contributed by atoms with Crippen LogP contribution >= 0.6 is 0 Å². The van der Waals surface area contributed by atoms with Crippen LogP contribution in [0.4, 0.5) is 14.5 Å². The Kier molecular flexibility index (Phi) is 7.08. The summed E-state index contributed by atoms with van der Waals surface area (Å²) in [5.74, 6) is -2.47. The third-order valence-corrected chi connectivity index (χ3v) is 3.63. The number of halogens is 2. The summed E-state index contributed by atoms with van der Waals surface area (Å²) in [7, 11) is 3.01. The molecular formula is C20H19F2NO5. The molecule has 8 heteroatoms. The molecule has 2 aromatic carbocycles. The van der Waals surface area contributed by atoms with Crippen LogP contribution in [0, 0.1) is 11.6 Å². The second kappa shape index (κ2) is 9.50. The average Bonchev–Trinajstić information content (AvgIpc) is 2.68. The Labute approximate surface area is 160 Å². The smallest absolute Gasteiger partial charge is 0.331 e. The molecule has 1 atom stereocenters. The zero-order chi connectivity index (χ0) is 20.7. The Morgan fingerprint density at radius 2 is 1.64 bits per heavy atom. The molecule has 0 aromatic heterocycles. The molecule has 2 aromatic rings. The van der Waals surface area contributed by atoms with Crippen LogP contribution in [0.3, 0.4) is 0 Å². The highest BCUT2D eigenvalue weighted by atomic mass is 19.2. The van der Waals surface area contributed by atoms with Gasteiger partial charge in [0.05, 0.1) is 14.2 Å². The Bertz CT molecular complexity index is 876. The lowest BCUT2D eigenvalue weighted by atomic mass is 10.2. The summed E-state index contributed by atoms with van der Waals surface area (Å²) in [5.41, 5.74) is 0.679. The van der Waals surface area contributed by atoms with Gasteiger partial charge in [-0.1, -0.05) is 0 Å². The highest BCUT2D eigenvalue weighted by Gasteiger charge is 2.17. The van der Waals surface area contributed by atoms with Crippen LogP contribution in [0.5, 0.6) is 11.5 Å². The molecular weight excluding hydrogens is 372 g/mol. The number of esters is 1. The molecule has 148 valence electrons. The summed E-state index contributed by atoms with van der Waals surface area (Å²) in [4.78, 5) is 24.0. The van der Waals surface area contributed by atoms with E-state index >= 15 is 0 Å². The van der Waals surface area contributed by atoms with Crippen LogP contribution < -0.4 is 14.8 Å². The minimum absolute atomic E-state index is 0.0471. The van der Waals surface area contributed by atoms with E-state index in [1.165, 1.54) is 33.3 Å². The van der Waals surface area contributed by atoms with Crippen molar-refractivity contribution in [3.63, 3.8) is 0 Å². The lowest BCUT2D eigenvalue weighted by molar-refractivity contribution is -0.148. The van der Waals surface area contributed by atoms with Gasteiger partial charge in [-0.3, -0.25) is 4.79 Å². The molecule has 2 rings (SSSR count). The van der Waals surface area contributed by atoms with Gasteiger partial charge in [0, 0.05) is 23.9 Å². The molecule has 0 radical (unpaired) electrons. The number of rotatable bonds is 7. The van der Waals surface area contributed by atoms with E-state index in [-0.39, 0.29) is 5.69 Å². The summed E-state index contributed by atoms with van der Waals surface area (Å²) in [6.07, 6.45) is 1.48. The molecule has 0 aliphatic heterocycles. The van der Waals surface area contributed by atoms with Gasteiger partial charge < -0.3 is 19.5 Å². The Morgan fingerprint density at radius 3 is 2.21 bits per heavy atom. The van der Waals surface area contributed by atoms with Crippen molar-refractivity contribution < 1.29 is 32.6 Å². The minimum atomic E-state index is -1.15. The molecule has 0 unspecified atom stereocenters. The molecule has 0 bridgehead atoms. The number of anilines is 1. The van der Waals surface area contributed by atoms with Gasteiger partial charge >= 0.3 is 5.97 Å². The number of nitrogens with one attached hydrogen (secondary N) is 1. The van der Waals surface area contributed by atoms with E-state index in [1.807, 2.05) is 0 Å². The second-order valence-electron chi connectivity index (χ2n) is 5.68. The zero-order valence-electron chi connectivity index (χ0n) is 15.5. The molecule has 1 amide bonds. The summed E-state index contributed by atoms with van der Waals surface area (Å²) < 4.78 is 41.4. The van der Waals surface area contributed by atoms with Crippen molar-refractivity contribution in [3.8, 4) is 11.5 Å². The van der Waals surface area contributed by atoms with Crippen molar-refractivity contribution in [3.05, 3.63) is 59.7 Å². The van der Waals surface area contributed by atoms with Gasteiger partial charge in [-0.25, -0.2) is 13.6 Å². The molecule has 0 heterocycles. The molecule has 0 fully saturated rings. The van der Waals surface area contributed by atoms with Crippen molar-refractivity contribution in [2.45, 2.75) is 13.0 Å². The maximum absolute atomic E-state index is 13.2. The molecule has 1 N–H and O–H groups in total. The predicted molar refractivity (Wildman–Crippen MR) is 99.1 cm³/mol. The van der Waals surface area contributed by atoms with E-state index < -0.39 is 29.6 Å². The largest absolute Gasteiger partial charge is 0.497 e. The van der Waals surface area contributed by atoms with E-state index in [4.69, 9.17) is 14.2 Å². The van der Waals surface area contributed by atoms with E-state index in [9.17, 15) is 18.4 Å². The average molecular weight is 391 g/mol.